The summed E-state index contributed by atoms with van der Waals surface area (Å²) in [6, 6.07) is 51.4. The van der Waals surface area contributed by atoms with Gasteiger partial charge >= 0.3 is 0 Å². The molecule has 0 aliphatic carbocycles. The fourth-order valence-corrected chi connectivity index (χ4v) is 6.58. The number of hydrogen-bond acceptors (Lipinski definition) is 2. The average molecular weight is 537 g/mol. The van der Waals surface area contributed by atoms with Crippen molar-refractivity contribution in [1.82, 2.24) is 0 Å². The zero-order valence-corrected chi connectivity index (χ0v) is 22.7. The number of ether oxygens (including phenoxy) is 1. The molecule has 0 bridgehead atoms. The van der Waals surface area contributed by atoms with Gasteiger partial charge in [-0.2, -0.15) is 0 Å². The predicted molar refractivity (Wildman–Crippen MR) is 173 cm³/mol. The van der Waals surface area contributed by atoms with E-state index in [0.717, 1.165) is 55.5 Å². The van der Waals surface area contributed by atoms with Gasteiger partial charge in [0.25, 0.3) is 0 Å². The Morgan fingerprint density at radius 3 is 1.93 bits per heavy atom. The lowest BCUT2D eigenvalue weighted by molar-refractivity contribution is 0.487. The molecule has 9 rings (SSSR count). The first kappa shape index (κ1) is 23.1. The molecule has 0 amide bonds. The monoisotopic (exact) mass is 536 g/mol. The fourth-order valence-electron chi connectivity index (χ4n) is 6.58. The number of hydrogen-bond donors (Lipinski definition) is 0. The Hall–Kier alpha value is -5.60. The number of fused-ring (bicyclic) bond motifs is 5. The normalized spacial score (nSPS) is 12.0. The second-order valence-corrected chi connectivity index (χ2v) is 10.9. The molecule has 0 saturated heterocycles. The van der Waals surface area contributed by atoms with Crippen LogP contribution < -0.4 is 4.74 Å². The lowest BCUT2D eigenvalue weighted by Crippen LogP contribution is -1.97. The molecule has 0 N–H and O–H groups in total. The van der Waals surface area contributed by atoms with Crippen LogP contribution in [0.5, 0.6) is 11.5 Å². The van der Waals surface area contributed by atoms with Gasteiger partial charge in [0.05, 0.1) is 0 Å². The van der Waals surface area contributed by atoms with Gasteiger partial charge in [-0.15, -0.1) is 0 Å². The maximum absolute atomic E-state index is 6.40. The summed E-state index contributed by atoms with van der Waals surface area (Å²) < 4.78 is 12.7. The highest BCUT2D eigenvalue weighted by Crippen LogP contribution is 2.49. The highest BCUT2D eigenvalue weighted by molar-refractivity contribution is 6.14. The topological polar surface area (TPSA) is 22.4 Å². The van der Waals surface area contributed by atoms with Gasteiger partial charge in [-0.05, 0) is 86.8 Å². The Morgan fingerprint density at radius 2 is 1.00 bits per heavy atom. The van der Waals surface area contributed by atoms with Crippen LogP contribution >= 0.6 is 0 Å². The van der Waals surface area contributed by atoms with E-state index >= 15 is 0 Å². The summed E-state index contributed by atoms with van der Waals surface area (Å²) >= 11 is 0. The van der Waals surface area contributed by atoms with E-state index in [2.05, 4.69) is 121 Å². The standard InChI is InChI=1S/C40H24O2/c1-2-10-25(11-3-1)26-22-27(24-28(23-26)30-14-9-19-37-39(30)34-13-5-7-18-36(34)42-37)29-20-21-38-40-32(29)15-8-16-33(40)31-12-4-6-17-35(31)41-38/h1-24H. The number of para-hydroxylation sites is 2. The van der Waals surface area contributed by atoms with Gasteiger partial charge in [0.15, 0.2) is 0 Å². The van der Waals surface area contributed by atoms with E-state index in [-0.39, 0.29) is 0 Å². The van der Waals surface area contributed by atoms with E-state index in [1.807, 2.05) is 24.3 Å². The van der Waals surface area contributed by atoms with Gasteiger partial charge in [-0.3, -0.25) is 0 Å². The maximum atomic E-state index is 6.40. The van der Waals surface area contributed by atoms with Crippen molar-refractivity contribution < 1.29 is 9.15 Å². The van der Waals surface area contributed by atoms with Crippen molar-refractivity contribution in [2.75, 3.05) is 0 Å². The van der Waals surface area contributed by atoms with E-state index in [4.69, 9.17) is 9.15 Å². The summed E-state index contributed by atoms with van der Waals surface area (Å²) in [7, 11) is 0. The molecule has 2 nitrogen and oxygen atoms in total. The molecule has 8 aromatic rings. The molecule has 196 valence electrons. The van der Waals surface area contributed by atoms with Gasteiger partial charge in [-0.25, -0.2) is 0 Å². The third kappa shape index (κ3) is 3.45. The van der Waals surface area contributed by atoms with Crippen LogP contribution in [0.1, 0.15) is 0 Å². The molecule has 2 heteroatoms. The Kier molecular flexibility index (Phi) is 4.93. The Balaban J connectivity index is 1.33. The highest BCUT2D eigenvalue weighted by atomic mass is 16.5. The molecule has 1 aromatic heterocycles. The number of rotatable bonds is 3. The summed E-state index contributed by atoms with van der Waals surface area (Å²) in [5.41, 5.74) is 11.2. The summed E-state index contributed by atoms with van der Waals surface area (Å²) in [6.07, 6.45) is 0. The van der Waals surface area contributed by atoms with E-state index < -0.39 is 0 Å². The van der Waals surface area contributed by atoms with Crippen LogP contribution in [-0.4, -0.2) is 0 Å². The minimum atomic E-state index is 0.900. The zero-order valence-electron chi connectivity index (χ0n) is 22.7. The van der Waals surface area contributed by atoms with Crippen molar-refractivity contribution in [3.8, 4) is 56.0 Å². The molecule has 0 atom stereocenters. The van der Waals surface area contributed by atoms with Gasteiger partial charge in [-0.1, -0.05) is 103 Å². The molecule has 1 aliphatic heterocycles. The van der Waals surface area contributed by atoms with Crippen molar-refractivity contribution in [3.63, 3.8) is 0 Å². The second kappa shape index (κ2) is 8.95. The molecule has 0 radical (unpaired) electrons. The molecule has 7 aromatic carbocycles. The van der Waals surface area contributed by atoms with Crippen molar-refractivity contribution in [2.24, 2.45) is 0 Å². The van der Waals surface area contributed by atoms with E-state index in [1.165, 1.54) is 33.2 Å². The van der Waals surface area contributed by atoms with Crippen LogP contribution in [0.2, 0.25) is 0 Å². The van der Waals surface area contributed by atoms with Gasteiger partial charge in [0.1, 0.15) is 22.7 Å². The SMILES string of the molecule is c1ccc(-c2cc(-c3ccc4c5c(cccc35)-c3ccccc3O4)cc(-c3cccc4oc5ccccc5c34)c2)cc1. The number of furan rings is 1. The summed E-state index contributed by atoms with van der Waals surface area (Å²) in [4.78, 5) is 0. The maximum Gasteiger partial charge on any atom is 0.136 e. The van der Waals surface area contributed by atoms with Crippen molar-refractivity contribution >= 4 is 32.7 Å². The Morgan fingerprint density at radius 1 is 0.333 bits per heavy atom. The summed E-state index contributed by atoms with van der Waals surface area (Å²) in [5.74, 6) is 1.80. The minimum absolute atomic E-state index is 0.900. The lowest BCUT2D eigenvalue weighted by atomic mass is 9.88. The fraction of sp³-hybridized carbons (Fsp3) is 0. The Bertz CT molecular complexity index is 2330. The first-order chi connectivity index (χ1) is 20.8. The minimum Gasteiger partial charge on any atom is -0.456 e. The summed E-state index contributed by atoms with van der Waals surface area (Å²) in [5, 5.41) is 4.62. The van der Waals surface area contributed by atoms with Crippen molar-refractivity contribution in [1.29, 1.82) is 0 Å². The first-order valence-electron chi connectivity index (χ1n) is 14.3. The second-order valence-electron chi connectivity index (χ2n) is 10.9. The zero-order chi connectivity index (χ0) is 27.6. The quantitative estimate of drug-likeness (QED) is 0.224. The third-order valence-electron chi connectivity index (χ3n) is 8.46. The van der Waals surface area contributed by atoms with Gasteiger partial charge in [0, 0.05) is 21.7 Å². The molecule has 1 aliphatic rings. The van der Waals surface area contributed by atoms with Gasteiger partial charge in [0.2, 0.25) is 0 Å². The van der Waals surface area contributed by atoms with E-state index in [1.54, 1.807) is 0 Å². The van der Waals surface area contributed by atoms with Crippen molar-refractivity contribution in [2.45, 2.75) is 0 Å². The van der Waals surface area contributed by atoms with E-state index in [0.29, 0.717) is 0 Å². The van der Waals surface area contributed by atoms with Gasteiger partial charge < -0.3 is 9.15 Å². The van der Waals surface area contributed by atoms with Crippen molar-refractivity contribution in [3.05, 3.63) is 146 Å². The van der Waals surface area contributed by atoms with Crippen LogP contribution in [-0.2, 0) is 0 Å². The number of benzene rings is 7. The van der Waals surface area contributed by atoms with Crippen LogP contribution in [0.15, 0.2) is 150 Å². The molecule has 0 fully saturated rings. The van der Waals surface area contributed by atoms with Crippen LogP contribution in [0, 0.1) is 0 Å². The molecular weight excluding hydrogens is 512 g/mol. The van der Waals surface area contributed by atoms with Crippen LogP contribution in [0.3, 0.4) is 0 Å². The summed E-state index contributed by atoms with van der Waals surface area (Å²) in [6.45, 7) is 0. The molecule has 2 heterocycles. The third-order valence-corrected chi connectivity index (χ3v) is 8.46. The smallest absolute Gasteiger partial charge is 0.136 e. The van der Waals surface area contributed by atoms with E-state index in [9.17, 15) is 0 Å². The molecule has 0 saturated carbocycles. The predicted octanol–water partition coefficient (Wildman–Crippen LogP) is 11.5. The molecule has 0 spiro atoms. The molecular formula is C40H24O2. The first-order valence-corrected chi connectivity index (χ1v) is 14.3. The van der Waals surface area contributed by atoms with Crippen LogP contribution in [0.25, 0.3) is 77.2 Å². The lowest BCUT2D eigenvalue weighted by Gasteiger charge is -2.22. The average Bonchev–Trinajstić information content (AvgIpc) is 3.44. The molecule has 42 heavy (non-hydrogen) atoms. The highest BCUT2D eigenvalue weighted by Gasteiger charge is 2.22. The largest absolute Gasteiger partial charge is 0.456 e. The Labute approximate surface area is 243 Å². The molecule has 0 unspecified atom stereocenters. The van der Waals surface area contributed by atoms with Crippen LogP contribution in [0.4, 0.5) is 0 Å².